The Labute approximate surface area is 107 Å². The normalized spacial score (nSPS) is 35.7. The van der Waals surface area contributed by atoms with Crippen LogP contribution in [0.2, 0.25) is 0 Å². The summed E-state index contributed by atoms with van der Waals surface area (Å²) in [7, 11) is 0. The van der Waals surface area contributed by atoms with E-state index in [2.05, 4.69) is 13.8 Å². The van der Waals surface area contributed by atoms with Gasteiger partial charge < -0.3 is 9.15 Å². The van der Waals surface area contributed by atoms with Crippen LogP contribution in [-0.2, 0) is 9.53 Å². The monoisotopic (exact) mass is 246 g/mol. The summed E-state index contributed by atoms with van der Waals surface area (Å²) in [5, 5.41) is 0. The topological polar surface area (TPSA) is 39.4 Å². The van der Waals surface area contributed by atoms with Gasteiger partial charge in [0.05, 0.1) is 12.5 Å². The molecular formula is C15H18O3. The minimum atomic E-state index is -0.220. The molecule has 0 radical (unpaired) electrons. The van der Waals surface area contributed by atoms with Crippen molar-refractivity contribution in [1.82, 2.24) is 0 Å². The average molecular weight is 246 g/mol. The number of carbonyl (C=O) groups excluding carboxylic acids is 1. The highest BCUT2D eigenvalue weighted by Crippen LogP contribution is 2.54. The van der Waals surface area contributed by atoms with Crippen molar-refractivity contribution in [3.8, 4) is 0 Å². The number of hydrogen-bond donors (Lipinski definition) is 0. The van der Waals surface area contributed by atoms with Crippen LogP contribution in [-0.4, -0.2) is 5.97 Å². The van der Waals surface area contributed by atoms with E-state index in [1.54, 1.807) is 18.6 Å². The van der Waals surface area contributed by atoms with Crippen molar-refractivity contribution in [2.75, 3.05) is 0 Å². The largest absolute Gasteiger partial charge is 0.472 e. The fourth-order valence-corrected chi connectivity index (χ4v) is 3.50. The number of cyclic esters (lactones) is 1. The van der Waals surface area contributed by atoms with Gasteiger partial charge in [0.1, 0.15) is 6.10 Å². The molecule has 3 rings (SSSR count). The molecule has 0 bridgehead atoms. The number of ether oxygens (including phenoxy) is 1. The minimum absolute atomic E-state index is 0.0740. The van der Waals surface area contributed by atoms with Crippen LogP contribution in [0.25, 0.3) is 0 Å². The lowest BCUT2D eigenvalue weighted by molar-refractivity contribution is -0.153. The first-order valence-corrected chi connectivity index (χ1v) is 6.56. The summed E-state index contributed by atoms with van der Waals surface area (Å²) in [5.74, 6) is 0.244. The summed E-state index contributed by atoms with van der Waals surface area (Å²) in [6, 6.07) is 1.89. The highest BCUT2D eigenvalue weighted by atomic mass is 16.5. The van der Waals surface area contributed by atoms with E-state index in [0.29, 0.717) is 5.92 Å². The molecule has 1 saturated carbocycles. The molecule has 3 atom stereocenters. The van der Waals surface area contributed by atoms with E-state index >= 15 is 0 Å². The molecule has 1 aromatic rings. The Morgan fingerprint density at radius 3 is 3.00 bits per heavy atom. The summed E-state index contributed by atoms with van der Waals surface area (Å²) in [6.07, 6.45) is 8.23. The van der Waals surface area contributed by atoms with Crippen LogP contribution >= 0.6 is 0 Å². The third kappa shape index (κ3) is 1.61. The van der Waals surface area contributed by atoms with Crippen LogP contribution in [0.4, 0.5) is 0 Å². The lowest BCUT2D eigenvalue weighted by Gasteiger charge is -2.46. The molecule has 3 heteroatoms. The van der Waals surface area contributed by atoms with Gasteiger partial charge in [0.2, 0.25) is 0 Å². The van der Waals surface area contributed by atoms with Gasteiger partial charge in [-0.15, -0.1) is 0 Å². The highest BCUT2D eigenvalue weighted by Gasteiger charge is 2.47. The van der Waals surface area contributed by atoms with Gasteiger partial charge in [-0.3, -0.25) is 0 Å². The van der Waals surface area contributed by atoms with E-state index in [4.69, 9.17) is 9.15 Å². The smallest absolute Gasteiger partial charge is 0.331 e. The molecule has 1 aliphatic heterocycles. The van der Waals surface area contributed by atoms with Crippen molar-refractivity contribution in [3.05, 3.63) is 35.8 Å². The number of rotatable bonds is 1. The van der Waals surface area contributed by atoms with Crippen LogP contribution in [0.3, 0.4) is 0 Å². The van der Waals surface area contributed by atoms with Crippen molar-refractivity contribution in [2.45, 2.75) is 39.2 Å². The maximum absolute atomic E-state index is 11.8. The van der Waals surface area contributed by atoms with Gasteiger partial charge >= 0.3 is 5.97 Å². The predicted octanol–water partition coefficient (Wildman–Crippen LogP) is 3.63. The fraction of sp³-hybridized carbons (Fsp3) is 0.533. The van der Waals surface area contributed by atoms with Crippen molar-refractivity contribution >= 4 is 5.97 Å². The number of furan rings is 1. The zero-order valence-electron chi connectivity index (χ0n) is 10.8. The molecule has 0 N–H and O–H groups in total. The average Bonchev–Trinajstić information content (AvgIpc) is 2.84. The van der Waals surface area contributed by atoms with Crippen molar-refractivity contribution in [3.63, 3.8) is 0 Å². The van der Waals surface area contributed by atoms with Gasteiger partial charge in [0.15, 0.2) is 0 Å². The van der Waals surface area contributed by atoms with Gasteiger partial charge in [0, 0.05) is 17.1 Å². The minimum Gasteiger partial charge on any atom is -0.472 e. The third-order valence-corrected chi connectivity index (χ3v) is 4.46. The molecule has 0 saturated heterocycles. The van der Waals surface area contributed by atoms with Crippen molar-refractivity contribution in [2.24, 2.45) is 11.3 Å². The summed E-state index contributed by atoms with van der Waals surface area (Å²) < 4.78 is 10.7. The first kappa shape index (κ1) is 11.6. The molecule has 3 nitrogen and oxygen atoms in total. The Morgan fingerprint density at radius 1 is 1.44 bits per heavy atom. The Morgan fingerprint density at radius 2 is 2.28 bits per heavy atom. The maximum Gasteiger partial charge on any atom is 0.331 e. The van der Waals surface area contributed by atoms with E-state index in [1.807, 2.05) is 6.07 Å². The molecule has 2 aliphatic rings. The second-order valence-electron chi connectivity index (χ2n) is 5.68. The standard InChI is InChI=1S/C15H18O3/c1-10-4-3-6-15(2)12(10)8-13(16)18-14(15)11-5-7-17-9-11/h5,7-10,14H,3-4,6H2,1-2H3/t10-,14-,15+/m1/s1. The Kier molecular flexibility index (Phi) is 2.58. The SMILES string of the molecule is C[C@@H]1CCC[C@@]2(C)C1=CC(=O)O[C@@H]2c1ccoc1. The molecule has 0 aromatic carbocycles. The van der Waals surface area contributed by atoms with Crippen LogP contribution < -0.4 is 0 Å². The highest BCUT2D eigenvalue weighted by molar-refractivity contribution is 5.84. The molecule has 18 heavy (non-hydrogen) atoms. The number of fused-ring (bicyclic) bond motifs is 1. The van der Waals surface area contributed by atoms with E-state index < -0.39 is 0 Å². The van der Waals surface area contributed by atoms with Crippen LogP contribution in [0.15, 0.2) is 34.7 Å². The van der Waals surface area contributed by atoms with E-state index in [0.717, 1.165) is 18.4 Å². The summed E-state index contributed by atoms with van der Waals surface area (Å²) >= 11 is 0. The predicted molar refractivity (Wildman–Crippen MR) is 66.7 cm³/mol. The Hall–Kier alpha value is -1.51. The van der Waals surface area contributed by atoms with Gasteiger partial charge in [0.25, 0.3) is 0 Å². The van der Waals surface area contributed by atoms with Gasteiger partial charge in [-0.2, -0.15) is 0 Å². The summed E-state index contributed by atoms with van der Waals surface area (Å²) in [5.41, 5.74) is 2.14. The van der Waals surface area contributed by atoms with E-state index in [1.165, 1.54) is 12.0 Å². The molecule has 96 valence electrons. The lowest BCUT2D eigenvalue weighted by Crippen LogP contribution is -2.39. The summed E-state index contributed by atoms with van der Waals surface area (Å²) in [4.78, 5) is 11.8. The fourth-order valence-electron chi connectivity index (χ4n) is 3.50. The van der Waals surface area contributed by atoms with Crippen molar-refractivity contribution < 1.29 is 13.9 Å². The quantitative estimate of drug-likeness (QED) is 0.710. The maximum atomic E-state index is 11.8. The first-order valence-electron chi connectivity index (χ1n) is 6.56. The summed E-state index contributed by atoms with van der Waals surface area (Å²) in [6.45, 7) is 4.41. The number of esters is 1. The van der Waals surface area contributed by atoms with Crippen LogP contribution in [0.1, 0.15) is 44.8 Å². The molecule has 1 aromatic heterocycles. The molecular weight excluding hydrogens is 228 g/mol. The molecule has 1 aliphatic carbocycles. The third-order valence-electron chi connectivity index (χ3n) is 4.46. The van der Waals surface area contributed by atoms with E-state index in [-0.39, 0.29) is 17.5 Å². The van der Waals surface area contributed by atoms with E-state index in [9.17, 15) is 4.79 Å². The lowest BCUT2D eigenvalue weighted by atomic mass is 9.62. The van der Waals surface area contributed by atoms with Gasteiger partial charge in [-0.05, 0) is 24.8 Å². The van der Waals surface area contributed by atoms with Crippen LogP contribution in [0, 0.1) is 11.3 Å². The zero-order valence-corrected chi connectivity index (χ0v) is 10.8. The second-order valence-corrected chi connectivity index (χ2v) is 5.68. The molecule has 2 heterocycles. The molecule has 0 spiro atoms. The van der Waals surface area contributed by atoms with Gasteiger partial charge in [-0.25, -0.2) is 4.79 Å². The molecule has 0 amide bonds. The molecule has 0 unspecified atom stereocenters. The number of hydrogen-bond acceptors (Lipinski definition) is 3. The Balaban J connectivity index is 2.06. The van der Waals surface area contributed by atoms with Crippen molar-refractivity contribution in [1.29, 1.82) is 0 Å². The Bertz CT molecular complexity index is 486. The second kappa shape index (κ2) is 4.01. The first-order chi connectivity index (χ1) is 8.61. The molecule has 1 fully saturated rings. The van der Waals surface area contributed by atoms with Crippen LogP contribution in [0.5, 0.6) is 0 Å². The van der Waals surface area contributed by atoms with Gasteiger partial charge in [-0.1, -0.05) is 25.8 Å². The number of carbonyl (C=O) groups is 1. The zero-order chi connectivity index (χ0) is 12.8.